The van der Waals surface area contributed by atoms with E-state index in [1.807, 2.05) is 32.6 Å². The Morgan fingerprint density at radius 1 is 1.38 bits per heavy atom. The number of esters is 1. The third kappa shape index (κ3) is 6.91. The van der Waals surface area contributed by atoms with Gasteiger partial charge in [0.1, 0.15) is 11.6 Å². The first-order valence-corrected chi connectivity index (χ1v) is 7.65. The fourth-order valence-electron chi connectivity index (χ4n) is 2.14. The van der Waals surface area contributed by atoms with Gasteiger partial charge in [0.05, 0.1) is 19.6 Å². The summed E-state index contributed by atoms with van der Waals surface area (Å²) >= 11 is 0. The highest BCUT2D eigenvalue weighted by Crippen LogP contribution is 2.11. The molecular weight excluding hydrogens is 272 g/mol. The third-order valence-electron chi connectivity index (χ3n) is 3.11. The van der Waals surface area contributed by atoms with Crippen LogP contribution in [0.4, 0.5) is 0 Å². The van der Waals surface area contributed by atoms with Crippen molar-refractivity contribution < 1.29 is 19.1 Å². The third-order valence-corrected chi connectivity index (χ3v) is 3.11. The largest absolute Gasteiger partial charge is 0.460 e. The van der Waals surface area contributed by atoms with Crippen LogP contribution >= 0.6 is 0 Å². The zero-order valence-electron chi connectivity index (χ0n) is 13.6. The summed E-state index contributed by atoms with van der Waals surface area (Å²) in [5.41, 5.74) is -0.472. The number of ether oxygens (including phenoxy) is 2. The molecule has 0 aromatic carbocycles. The molecule has 122 valence electrons. The monoisotopic (exact) mass is 300 g/mol. The minimum Gasteiger partial charge on any atom is -0.460 e. The van der Waals surface area contributed by atoms with E-state index in [4.69, 9.17) is 9.47 Å². The van der Waals surface area contributed by atoms with Crippen LogP contribution in [0.2, 0.25) is 0 Å². The Balaban J connectivity index is 2.46. The molecule has 1 atom stereocenters. The molecule has 6 heteroatoms. The normalized spacial score (nSPS) is 20.1. The molecule has 0 aromatic rings. The topological polar surface area (TPSA) is 67.9 Å². The van der Waals surface area contributed by atoms with E-state index in [1.54, 1.807) is 0 Å². The summed E-state index contributed by atoms with van der Waals surface area (Å²) in [5.74, 6) is -0.262. The molecule has 1 amide bonds. The molecule has 1 aliphatic rings. The van der Waals surface area contributed by atoms with Crippen LogP contribution in [0.1, 0.15) is 40.5 Å². The second kappa shape index (κ2) is 8.34. The molecule has 1 heterocycles. The van der Waals surface area contributed by atoms with Crippen molar-refractivity contribution in [1.82, 2.24) is 10.2 Å². The lowest BCUT2D eigenvalue weighted by atomic mass is 10.2. The molecule has 6 nitrogen and oxygen atoms in total. The van der Waals surface area contributed by atoms with Gasteiger partial charge in [0, 0.05) is 19.6 Å². The quantitative estimate of drug-likeness (QED) is 0.740. The van der Waals surface area contributed by atoms with Crippen LogP contribution in [-0.4, -0.2) is 61.3 Å². The van der Waals surface area contributed by atoms with Crippen molar-refractivity contribution in [3.63, 3.8) is 0 Å². The summed E-state index contributed by atoms with van der Waals surface area (Å²) < 4.78 is 10.7. The molecule has 1 saturated heterocycles. The van der Waals surface area contributed by atoms with Gasteiger partial charge in [-0.1, -0.05) is 6.92 Å². The van der Waals surface area contributed by atoms with Crippen LogP contribution in [0.3, 0.4) is 0 Å². The fraction of sp³-hybridized carbons (Fsp3) is 0.867. The van der Waals surface area contributed by atoms with Gasteiger partial charge in [0.25, 0.3) is 0 Å². The number of morpholine rings is 1. The van der Waals surface area contributed by atoms with Crippen molar-refractivity contribution >= 4 is 11.9 Å². The summed E-state index contributed by atoms with van der Waals surface area (Å²) in [5, 5.41) is 2.88. The Labute approximate surface area is 127 Å². The highest BCUT2D eigenvalue weighted by molar-refractivity contribution is 5.82. The predicted molar refractivity (Wildman–Crippen MR) is 79.9 cm³/mol. The lowest BCUT2D eigenvalue weighted by Gasteiger charge is -2.34. The van der Waals surface area contributed by atoms with Gasteiger partial charge in [-0.3, -0.25) is 14.5 Å². The Kier molecular flexibility index (Phi) is 7.11. The number of carbonyl (C=O) groups excluding carboxylic acids is 2. The lowest BCUT2D eigenvalue weighted by molar-refractivity contribution is -0.156. The molecule has 0 aliphatic carbocycles. The van der Waals surface area contributed by atoms with Gasteiger partial charge in [-0.15, -0.1) is 0 Å². The van der Waals surface area contributed by atoms with Crippen molar-refractivity contribution in [2.45, 2.75) is 52.2 Å². The summed E-state index contributed by atoms with van der Waals surface area (Å²) in [6.45, 7) is 10.4. The van der Waals surface area contributed by atoms with Gasteiger partial charge < -0.3 is 14.8 Å². The molecule has 0 spiro atoms. The highest BCUT2D eigenvalue weighted by atomic mass is 16.6. The number of rotatable bonds is 6. The fourth-order valence-corrected chi connectivity index (χ4v) is 2.14. The average molecular weight is 300 g/mol. The average Bonchev–Trinajstić information content (AvgIpc) is 2.41. The number of nitrogens with one attached hydrogen (secondary N) is 1. The van der Waals surface area contributed by atoms with E-state index in [2.05, 4.69) is 5.32 Å². The van der Waals surface area contributed by atoms with E-state index < -0.39 is 5.60 Å². The molecule has 0 radical (unpaired) electrons. The van der Waals surface area contributed by atoms with E-state index in [0.717, 1.165) is 6.42 Å². The Hall–Kier alpha value is -1.14. The standard InChI is InChI=1S/C15H28N2O4/c1-5-7-16-14(19)12-11-20-10-9-17(12)8-6-13(18)21-15(2,3)4/h12H,5-11H2,1-4H3,(H,16,19). The van der Waals surface area contributed by atoms with E-state index in [-0.39, 0.29) is 24.3 Å². The van der Waals surface area contributed by atoms with Gasteiger partial charge in [-0.05, 0) is 27.2 Å². The van der Waals surface area contributed by atoms with Crippen molar-refractivity contribution in [2.24, 2.45) is 0 Å². The van der Waals surface area contributed by atoms with Crippen LogP contribution in [0.25, 0.3) is 0 Å². The number of hydrogen-bond acceptors (Lipinski definition) is 5. The van der Waals surface area contributed by atoms with Crippen molar-refractivity contribution in [3.8, 4) is 0 Å². The van der Waals surface area contributed by atoms with E-state index in [0.29, 0.717) is 32.8 Å². The first-order chi connectivity index (χ1) is 9.83. The maximum Gasteiger partial charge on any atom is 0.307 e. The number of hydrogen-bond donors (Lipinski definition) is 1. The molecular formula is C15H28N2O4. The molecule has 0 aromatic heterocycles. The second-order valence-electron chi connectivity index (χ2n) is 6.25. The maximum atomic E-state index is 12.1. The first kappa shape index (κ1) is 17.9. The number of nitrogens with zero attached hydrogens (tertiary/aromatic N) is 1. The molecule has 1 fully saturated rings. The molecule has 0 saturated carbocycles. The number of carbonyl (C=O) groups is 2. The van der Waals surface area contributed by atoms with Gasteiger partial charge in [0.15, 0.2) is 0 Å². The Morgan fingerprint density at radius 2 is 2.10 bits per heavy atom. The zero-order chi connectivity index (χ0) is 15.9. The first-order valence-electron chi connectivity index (χ1n) is 7.65. The van der Waals surface area contributed by atoms with E-state index >= 15 is 0 Å². The van der Waals surface area contributed by atoms with Crippen molar-refractivity contribution in [1.29, 1.82) is 0 Å². The molecule has 1 unspecified atom stereocenters. The molecule has 1 N–H and O–H groups in total. The summed E-state index contributed by atoms with van der Waals surface area (Å²) in [4.78, 5) is 25.9. The minimum atomic E-state index is -0.472. The van der Waals surface area contributed by atoms with Crippen molar-refractivity contribution in [3.05, 3.63) is 0 Å². The zero-order valence-corrected chi connectivity index (χ0v) is 13.6. The molecule has 1 rings (SSSR count). The van der Waals surface area contributed by atoms with Gasteiger partial charge in [0.2, 0.25) is 5.91 Å². The van der Waals surface area contributed by atoms with Gasteiger partial charge in [-0.25, -0.2) is 0 Å². The SMILES string of the molecule is CCCNC(=O)C1COCCN1CCC(=O)OC(C)(C)C. The molecule has 1 aliphatic heterocycles. The Morgan fingerprint density at radius 3 is 2.71 bits per heavy atom. The van der Waals surface area contributed by atoms with E-state index in [1.165, 1.54) is 0 Å². The maximum absolute atomic E-state index is 12.1. The second-order valence-corrected chi connectivity index (χ2v) is 6.25. The predicted octanol–water partition coefficient (Wildman–Crippen LogP) is 0.945. The minimum absolute atomic E-state index is 0.0271. The smallest absolute Gasteiger partial charge is 0.307 e. The van der Waals surface area contributed by atoms with Crippen LogP contribution in [0.5, 0.6) is 0 Å². The summed E-state index contributed by atoms with van der Waals surface area (Å²) in [6.07, 6.45) is 1.19. The van der Waals surface area contributed by atoms with Gasteiger partial charge in [-0.2, -0.15) is 0 Å². The van der Waals surface area contributed by atoms with Crippen LogP contribution in [0, 0.1) is 0 Å². The Bertz CT molecular complexity index is 352. The highest BCUT2D eigenvalue weighted by Gasteiger charge is 2.29. The molecule has 21 heavy (non-hydrogen) atoms. The molecule has 0 bridgehead atoms. The van der Waals surface area contributed by atoms with Crippen molar-refractivity contribution in [2.75, 3.05) is 32.8 Å². The van der Waals surface area contributed by atoms with Crippen LogP contribution in [-0.2, 0) is 19.1 Å². The number of amides is 1. The van der Waals surface area contributed by atoms with Crippen LogP contribution < -0.4 is 5.32 Å². The van der Waals surface area contributed by atoms with E-state index in [9.17, 15) is 9.59 Å². The summed E-state index contributed by atoms with van der Waals surface area (Å²) in [7, 11) is 0. The summed E-state index contributed by atoms with van der Waals surface area (Å²) in [6, 6.07) is -0.312. The lowest BCUT2D eigenvalue weighted by Crippen LogP contribution is -2.54. The van der Waals surface area contributed by atoms with Crippen LogP contribution in [0.15, 0.2) is 0 Å². The van der Waals surface area contributed by atoms with Gasteiger partial charge >= 0.3 is 5.97 Å².